The largest absolute Gasteiger partial charge is 0 e. The molecule has 11 radical (unpaired) electrons. The van der Waals surface area contributed by atoms with Gasteiger partial charge in [0.1, 0.15) is 0 Å². The van der Waals surface area contributed by atoms with Gasteiger partial charge in [-0.3, -0.25) is 0 Å². The van der Waals surface area contributed by atoms with E-state index in [2.05, 4.69) is 0 Å². The Hall–Kier alpha value is 3.01. The molecule has 0 atom stereocenters. The standard InChI is InChI=1S/Ga.Ge.S.Sr. The molecule has 0 aliphatic carbocycles. The Morgan fingerprint density at radius 3 is 1.00 bits per heavy atom. The topological polar surface area (TPSA) is 0 Å². The van der Waals surface area contributed by atoms with Crippen LogP contribution in [0.2, 0.25) is 0 Å². The van der Waals surface area contributed by atoms with Gasteiger partial charge in [0.15, 0.2) is 0 Å². The van der Waals surface area contributed by atoms with Crippen LogP contribution in [0.4, 0.5) is 0 Å². The van der Waals surface area contributed by atoms with E-state index in [4.69, 9.17) is 0 Å². The summed E-state index contributed by atoms with van der Waals surface area (Å²) in [5.41, 5.74) is 0. The van der Waals surface area contributed by atoms with Crippen molar-refractivity contribution in [3.8, 4) is 0 Å². The first kappa shape index (κ1) is 27.9. The van der Waals surface area contributed by atoms with Gasteiger partial charge < -0.3 is 0 Å². The number of hydrogen-bond acceptors (Lipinski definition) is 0. The average Bonchev–Trinajstić information content (AvgIpc) is 0. The first-order valence-electron chi connectivity index (χ1n) is 0. The van der Waals surface area contributed by atoms with Crippen molar-refractivity contribution in [2.24, 2.45) is 0 Å². The van der Waals surface area contributed by atoms with Gasteiger partial charge in [-0.2, -0.15) is 0 Å². The zero-order chi connectivity index (χ0) is 0. The first-order chi connectivity index (χ1) is 0. The van der Waals surface area contributed by atoms with Crippen LogP contribution in [0.1, 0.15) is 0 Å². The molecule has 0 bridgehead atoms. The monoisotopic (exact) mass is 263 g/mol. The van der Waals surface area contributed by atoms with E-state index < -0.39 is 0 Å². The van der Waals surface area contributed by atoms with Crippen molar-refractivity contribution >= 4 is 96.4 Å². The predicted molar refractivity (Wildman–Crippen MR) is 24.9 cm³/mol. The van der Waals surface area contributed by atoms with E-state index in [-0.39, 0.29) is 96.4 Å². The molecule has 0 fully saturated rings. The smallest absolute Gasteiger partial charge is 0 e. The molecule has 0 N–H and O–H groups in total. The van der Waals surface area contributed by atoms with Crippen LogP contribution < -0.4 is 0 Å². The Kier molecular flexibility index (Phi) is 116. The summed E-state index contributed by atoms with van der Waals surface area (Å²) >= 11 is 0. The zero-order valence-electron chi connectivity index (χ0n) is 2.19. The molecule has 4 heteroatoms. The maximum atomic E-state index is 0. The molecule has 15 valence electrons. The minimum absolute atomic E-state index is 0. The van der Waals surface area contributed by atoms with Gasteiger partial charge in [0.25, 0.3) is 0 Å². The molecule has 0 heterocycles. The van der Waals surface area contributed by atoms with Crippen molar-refractivity contribution < 1.29 is 0 Å². The predicted octanol–water partition coefficient (Wildman–Crippen LogP) is -0.494. The van der Waals surface area contributed by atoms with E-state index >= 15 is 0 Å². The fourth-order valence-corrected chi connectivity index (χ4v) is 0. The summed E-state index contributed by atoms with van der Waals surface area (Å²) in [6.45, 7) is 0. The molecule has 0 amide bonds. The Balaban J connectivity index is 0. The molecule has 0 saturated heterocycles. The second-order valence-corrected chi connectivity index (χ2v) is 0. The Labute approximate surface area is 94.2 Å². The molecule has 0 unspecified atom stereocenters. The van der Waals surface area contributed by atoms with Crippen LogP contribution in [-0.2, 0) is 0 Å². The van der Waals surface area contributed by atoms with Crippen LogP contribution in [0, 0.1) is 0 Å². The Morgan fingerprint density at radius 2 is 1.00 bits per heavy atom. The molecule has 0 aliphatic rings. The summed E-state index contributed by atoms with van der Waals surface area (Å²) in [7, 11) is 0. The quantitative estimate of drug-likeness (QED) is 0.517. The van der Waals surface area contributed by atoms with Gasteiger partial charge in [-0.05, 0) is 0 Å². The Bertz CT molecular complexity index is 8.00. The van der Waals surface area contributed by atoms with Crippen LogP contribution in [0.25, 0.3) is 0 Å². The van der Waals surface area contributed by atoms with Crippen molar-refractivity contribution in [1.29, 1.82) is 0 Å². The van der Waals surface area contributed by atoms with Crippen LogP contribution in [0.3, 0.4) is 0 Å². The SMILES string of the molecule is [Ga].[Ge].[S].[Sr]. The summed E-state index contributed by atoms with van der Waals surface area (Å²) in [5, 5.41) is 0. The van der Waals surface area contributed by atoms with Gasteiger partial charge in [0.05, 0.1) is 0 Å². The molecular formula is GaGeSSr. The van der Waals surface area contributed by atoms with Gasteiger partial charge in [-0.1, -0.05) is 0 Å². The average molecular weight is 262 g/mol. The molecule has 0 aliphatic heterocycles. The van der Waals surface area contributed by atoms with E-state index in [1.54, 1.807) is 0 Å². The van der Waals surface area contributed by atoms with E-state index in [1.165, 1.54) is 0 Å². The van der Waals surface area contributed by atoms with E-state index in [0.29, 0.717) is 0 Å². The van der Waals surface area contributed by atoms with Crippen LogP contribution >= 0.6 is 13.5 Å². The molecule has 0 saturated carbocycles. The minimum Gasteiger partial charge on any atom is 0 e. The van der Waals surface area contributed by atoms with E-state index in [9.17, 15) is 0 Å². The summed E-state index contributed by atoms with van der Waals surface area (Å²) in [6.07, 6.45) is 0. The number of rotatable bonds is 0. The first-order valence-corrected chi connectivity index (χ1v) is 0. The molecule has 0 aromatic carbocycles. The third kappa shape index (κ3) is 8.89. The van der Waals surface area contributed by atoms with Gasteiger partial charge in [-0.15, -0.1) is 0 Å². The number of hydrogen-bond donors (Lipinski definition) is 0. The molecular weight excluding hydrogens is 262 g/mol. The van der Waals surface area contributed by atoms with Gasteiger partial charge in [0, 0.05) is 96.4 Å². The molecule has 0 rings (SSSR count). The second-order valence-electron chi connectivity index (χ2n) is 0. The van der Waals surface area contributed by atoms with Crippen LogP contribution in [0.15, 0.2) is 0 Å². The van der Waals surface area contributed by atoms with Gasteiger partial charge >= 0.3 is 0 Å². The van der Waals surface area contributed by atoms with Crippen molar-refractivity contribution in [2.45, 2.75) is 0 Å². The maximum Gasteiger partial charge on any atom is 0 e. The van der Waals surface area contributed by atoms with E-state index in [0.717, 1.165) is 0 Å². The summed E-state index contributed by atoms with van der Waals surface area (Å²) in [5.74, 6) is 0. The summed E-state index contributed by atoms with van der Waals surface area (Å²) in [4.78, 5) is 0. The fourth-order valence-electron chi connectivity index (χ4n) is 0. The second kappa shape index (κ2) is 16.7. The van der Waals surface area contributed by atoms with Crippen LogP contribution in [-0.4, -0.2) is 82.9 Å². The van der Waals surface area contributed by atoms with Crippen molar-refractivity contribution in [3.05, 3.63) is 0 Å². The third-order valence-corrected chi connectivity index (χ3v) is 0. The molecule has 4 heavy (non-hydrogen) atoms. The normalized spacial score (nSPS) is 0. The molecule has 0 spiro atoms. The van der Waals surface area contributed by atoms with E-state index in [1.807, 2.05) is 0 Å². The van der Waals surface area contributed by atoms with Gasteiger partial charge in [-0.25, -0.2) is 0 Å². The summed E-state index contributed by atoms with van der Waals surface area (Å²) < 4.78 is 0. The maximum absolute atomic E-state index is 0. The van der Waals surface area contributed by atoms with Crippen molar-refractivity contribution in [3.63, 3.8) is 0 Å². The Morgan fingerprint density at radius 1 is 1.00 bits per heavy atom. The van der Waals surface area contributed by atoms with Crippen molar-refractivity contribution in [2.75, 3.05) is 0 Å². The zero-order valence-corrected chi connectivity index (χ0v) is 11.0. The van der Waals surface area contributed by atoms with Crippen molar-refractivity contribution in [1.82, 2.24) is 0 Å². The molecule has 0 aromatic heterocycles. The van der Waals surface area contributed by atoms with Gasteiger partial charge in [0.2, 0.25) is 0 Å². The third-order valence-electron chi connectivity index (χ3n) is 0. The minimum atomic E-state index is 0. The fraction of sp³-hybridized carbons (Fsp3) is 0. The molecule has 0 nitrogen and oxygen atoms in total. The van der Waals surface area contributed by atoms with Crippen LogP contribution in [0.5, 0.6) is 0 Å². The molecule has 0 aromatic rings. The summed E-state index contributed by atoms with van der Waals surface area (Å²) in [6, 6.07) is 0.